The van der Waals surface area contributed by atoms with Crippen LogP contribution in [0.1, 0.15) is 5.56 Å². The fourth-order valence-corrected chi connectivity index (χ4v) is 4.73. The summed E-state index contributed by atoms with van der Waals surface area (Å²) in [6.45, 7) is 0.647. The van der Waals surface area contributed by atoms with E-state index >= 15 is 0 Å². The molecule has 0 aliphatic carbocycles. The molecular formula is C22H23ClN2O7S. The number of hydrogen-bond acceptors (Lipinski definition) is 7. The third-order valence-corrected chi connectivity index (χ3v) is 6.83. The van der Waals surface area contributed by atoms with E-state index in [1.165, 1.54) is 29.6 Å². The van der Waals surface area contributed by atoms with Crippen LogP contribution in [0.2, 0.25) is 5.02 Å². The fraction of sp³-hybridized carbons (Fsp3) is 0.273. The van der Waals surface area contributed by atoms with Crippen LogP contribution in [0.5, 0.6) is 5.75 Å². The third kappa shape index (κ3) is 6.78. The zero-order valence-corrected chi connectivity index (χ0v) is 19.4. The molecule has 0 spiro atoms. The highest BCUT2D eigenvalue weighted by Gasteiger charge is 2.29. The van der Waals surface area contributed by atoms with Crippen LogP contribution in [0.25, 0.3) is 6.08 Å². The molecule has 0 atom stereocenters. The largest absolute Gasteiger partial charge is 0.495 e. The molecular weight excluding hydrogens is 472 g/mol. The van der Waals surface area contributed by atoms with Gasteiger partial charge in [-0.05, 0) is 48.0 Å². The molecule has 0 bridgehead atoms. The first kappa shape index (κ1) is 24.7. The maximum Gasteiger partial charge on any atom is 0.331 e. The summed E-state index contributed by atoms with van der Waals surface area (Å²) in [5, 5.41) is 3.10. The SMILES string of the molecule is COc1ccc(/C=C/C(=O)OCC(=O)Nc2ccc(Cl)cc2)cc1S(=O)(=O)N1CCOCC1. The van der Waals surface area contributed by atoms with Crippen LogP contribution in [0.4, 0.5) is 5.69 Å². The van der Waals surface area contributed by atoms with Gasteiger partial charge in [0.15, 0.2) is 6.61 Å². The fourth-order valence-electron chi connectivity index (χ4n) is 3.00. The second-order valence-corrected chi connectivity index (χ2v) is 9.27. The van der Waals surface area contributed by atoms with Crippen molar-refractivity contribution in [2.75, 3.05) is 45.3 Å². The summed E-state index contributed by atoms with van der Waals surface area (Å²) in [6, 6.07) is 11.0. The lowest BCUT2D eigenvalue weighted by molar-refractivity contribution is -0.142. The second kappa shape index (κ2) is 11.3. The molecule has 11 heteroatoms. The first-order valence-corrected chi connectivity index (χ1v) is 11.8. The Kier molecular flexibility index (Phi) is 8.45. The molecule has 1 N–H and O–H groups in total. The Morgan fingerprint density at radius 2 is 1.85 bits per heavy atom. The highest BCUT2D eigenvalue weighted by atomic mass is 35.5. The smallest absolute Gasteiger partial charge is 0.331 e. The van der Waals surface area contributed by atoms with Gasteiger partial charge >= 0.3 is 5.97 Å². The number of morpholine rings is 1. The van der Waals surface area contributed by atoms with Crippen LogP contribution in [-0.4, -0.2) is 64.6 Å². The summed E-state index contributed by atoms with van der Waals surface area (Å²) < 4.78 is 42.8. The Hall–Kier alpha value is -2.92. The van der Waals surface area contributed by atoms with Crippen molar-refractivity contribution in [1.29, 1.82) is 0 Å². The molecule has 2 aromatic carbocycles. The lowest BCUT2D eigenvalue weighted by Crippen LogP contribution is -2.40. The Balaban J connectivity index is 1.63. The van der Waals surface area contributed by atoms with Crippen molar-refractivity contribution < 1.29 is 32.2 Å². The molecule has 1 amide bonds. The van der Waals surface area contributed by atoms with Crippen molar-refractivity contribution in [3.8, 4) is 5.75 Å². The summed E-state index contributed by atoms with van der Waals surface area (Å²) >= 11 is 5.79. The number of ether oxygens (including phenoxy) is 3. The number of anilines is 1. The zero-order chi connectivity index (χ0) is 23.8. The van der Waals surface area contributed by atoms with E-state index in [0.717, 1.165) is 6.08 Å². The number of methoxy groups -OCH3 is 1. The minimum Gasteiger partial charge on any atom is -0.495 e. The Bertz CT molecular complexity index is 1130. The van der Waals surface area contributed by atoms with E-state index in [-0.39, 0.29) is 23.7 Å². The normalized spacial score (nSPS) is 14.7. The average Bonchev–Trinajstić information content (AvgIpc) is 2.83. The molecule has 2 aromatic rings. The van der Waals surface area contributed by atoms with Gasteiger partial charge in [-0.3, -0.25) is 4.79 Å². The summed E-state index contributed by atoms with van der Waals surface area (Å²) in [5.41, 5.74) is 0.966. The van der Waals surface area contributed by atoms with E-state index in [2.05, 4.69) is 5.32 Å². The van der Waals surface area contributed by atoms with Crippen molar-refractivity contribution in [2.24, 2.45) is 0 Å². The Labute approximate surface area is 196 Å². The predicted octanol–water partition coefficient (Wildman–Crippen LogP) is 2.56. The molecule has 0 radical (unpaired) electrons. The number of sulfonamides is 1. The predicted molar refractivity (Wildman–Crippen MR) is 123 cm³/mol. The number of rotatable bonds is 8. The number of amides is 1. The molecule has 0 aromatic heterocycles. The highest BCUT2D eigenvalue weighted by molar-refractivity contribution is 7.89. The second-order valence-electron chi connectivity index (χ2n) is 6.92. The van der Waals surface area contributed by atoms with E-state index in [1.807, 2.05) is 0 Å². The van der Waals surface area contributed by atoms with Crippen molar-refractivity contribution in [3.63, 3.8) is 0 Å². The van der Waals surface area contributed by atoms with E-state index < -0.39 is 28.5 Å². The molecule has 176 valence electrons. The van der Waals surface area contributed by atoms with Crippen LogP contribution in [-0.2, 0) is 29.1 Å². The summed E-state index contributed by atoms with van der Waals surface area (Å²) in [7, 11) is -2.42. The van der Waals surface area contributed by atoms with E-state index in [9.17, 15) is 18.0 Å². The molecule has 1 fully saturated rings. The van der Waals surface area contributed by atoms with Crippen LogP contribution in [0.15, 0.2) is 53.4 Å². The van der Waals surface area contributed by atoms with Gasteiger partial charge in [-0.1, -0.05) is 17.7 Å². The zero-order valence-electron chi connectivity index (χ0n) is 17.8. The van der Waals surface area contributed by atoms with Gasteiger partial charge in [0.1, 0.15) is 10.6 Å². The van der Waals surface area contributed by atoms with Gasteiger partial charge in [-0.2, -0.15) is 4.31 Å². The quantitative estimate of drug-likeness (QED) is 0.443. The number of hydrogen-bond donors (Lipinski definition) is 1. The number of nitrogens with zero attached hydrogens (tertiary/aromatic N) is 1. The molecule has 1 saturated heterocycles. The van der Waals surface area contributed by atoms with Crippen molar-refractivity contribution in [3.05, 3.63) is 59.1 Å². The minimum atomic E-state index is -3.80. The molecule has 0 unspecified atom stereocenters. The van der Waals surface area contributed by atoms with Gasteiger partial charge in [0.25, 0.3) is 5.91 Å². The Morgan fingerprint density at radius 3 is 2.52 bits per heavy atom. The third-order valence-electron chi connectivity index (χ3n) is 4.66. The topological polar surface area (TPSA) is 111 Å². The summed E-state index contributed by atoms with van der Waals surface area (Å²) in [6.07, 6.45) is 2.51. The van der Waals surface area contributed by atoms with E-state index in [1.54, 1.807) is 30.3 Å². The summed E-state index contributed by atoms with van der Waals surface area (Å²) in [4.78, 5) is 23.9. The lowest BCUT2D eigenvalue weighted by atomic mass is 10.2. The molecule has 0 saturated carbocycles. The van der Waals surface area contributed by atoms with Gasteiger partial charge < -0.3 is 19.5 Å². The standard InChI is InChI=1S/C22H23ClN2O7S/c1-30-19-8-2-16(14-20(19)33(28,29)25-10-12-31-13-11-25)3-9-22(27)32-15-21(26)24-18-6-4-17(23)5-7-18/h2-9,14H,10-13,15H2,1H3,(H,24,26)/b9-3+. The van der Waals surface area contributed by atoms with E-state index in [0.29, 0.717) is 29.5 Å². The molecule has 1 heterocycles. The maximum atomic E-state index is 13.0. The van der Waals surface area contributed by atoms with Gasteiger partial charge in [-0.25, -0.2) is 13.2 Å². The van der Waals surface area contributed by atoms with E-state index in [4.69, 9.17) is 25.8 Å². The number of benzene rings is 2. The van der Waals surface area contributed by atoms with Crippen LogP contribution < -0.4 is 10.1 Å². The average molecular weight is 495 g/mol. The highest BCUT2D eigenvalue weighted by Crippen LogP contribution is 2.28. The number of halogens is 1. The molecule has 1 aliphatic rings. The number of carbonyl (C=O) groups is 2. The maximum absolute atomic E-state index is 13.0. The number of carbonyl (C=O) groups excluding carboxylic acids is 2. The van der Waals surface area contributed by atoms with Crippen LogP contribution in [0, 0.1) is 0 Å². The van der Waals surface area contributed by atoms with Crippen molar-refractivity contribution in [1.82, 2.24) is 4.31 Å². The van der Waals surface area contributed by atoms with Gasteiger partial charge in [0.05, 0.1) is 20.3 Å². The van der Waals surface area contributed by atoms with Gasteiger partial charge in [0.2, 0.25) is 10.0 Å². The van der Waals surface area contributed by atoms with Crippen molar-refractivity contribution in [2.45, 2.75) is 4.90 Å². The Morgan fingerprint density at radius 1 is 1.15 bits per heavy atom. The number of nitrogens with one attached hydrogen (secondary N) is 1. The molecule has 3 rings (SSSR count). The van der Waals surface area contributed by atoms with Crippen LogP contribution in [0.3, 0.4) is 0 Å². The van der Waals surface area contributed by atoms with Gasteiger partial charge in [-0.15, -0.1) is 0 Å². The lowest BCUT2D eigenvalue weighted by Gasteiger charge is -2.26. The first-order chi connectivity index (χ1) is 15.8. The minimum absolute atomic E-state index is 0.00948. The molecule has 1 aliphatic heterocycles. The first-order valence-electron chi connectivity index (χ1n) is 9.96. The monoisotopic (exact) mass is 494 g/mol. The van der Waals surface area contributed by atoms with Gasteiger partial charge in [0, 0.05) is 29.9 Å². The van der Waals surface area contributed by atoms with Crippen molar-refractivity contribution >= 4 is 45.3 Å². The van der Waals surface area contributed by atoms with Crippen LogP contribution >= 0.6 is 11.6 Å². The molecule has 9 nitrogen and oxygen atoms in total. The number of esters is 1. The molecule has 33 heavy (non-hydrogen) atoms. The summed E-state index contributed by atoms with van der Waals surface area (Å²) in [5.74, 6) is -1.07.